The first-order valence-corrected chi connectivity index (χ1v) is 5.09. The third kappa shape index (κ3) is 1.84. The van der Waals surface area contributed by atoms with Crippen LogP contribution in [0.2, 0.25) is 0 Å². The van der Waals surface area contributed by atoms with Gasteiger partial charge in [-0.2, -0.15) is 13.2 Å². The van der Waals surface area contributed by atoms with Crippen molar-refractivity contribution >= 4 is 5.78 Å². The van der Waals surface area contributed by atoms with E-state index in [4.69, 9.17) is 0 Å². The van der Waals surface area contributed by atoms with Crippen molar-refractivity contribution in [1.29, 1.82) is 0 Å². The molecule has 1 aliphatic carbocycles. The molecule has 0 aromatic heterocycles. The molecule has 0 saturated heterocycles. The van der Waals surface area contributed by atoms with Gasteiger partial charge in [0.25, 0.3) is 0 Å². The summed E-state index contributed by atoms with van der Waals surface area (Å²) in [5.74, 6) is 0.219. The molecule has 0 spiro atoms. The van der Waals surface area contributed by atoms with Gasteiger partial charge in [-0.25, -0.2) is 0 Å². The van der Waals surface area contributed by atoms with E-state index >= 15 is 0 Å². The lowest BCUT2D eigenvalue weighted by Crippen LogP contribution is -2.32. The van der Waals surface area contributed by atoms with Crippen molar-refractivity contribution < 1.29 is 18.0 Å². The quantitative estimate of drug-likeness (QED) is 0.720. The number of hydrogen-bond donors (Lipinski definition) is 0. The van der Waals surface area contributed by atoms with Gasteiger partial charge in [0.05, 0.1) is 5.56 Å². The Hall–Kier alpha value is -1.32. The maximum atomic E-state index is 12.3. The van der Waals surface area contributed by atoms with Gasteiger partial charge in [-0.05, 0) is 17.7 Å². The third-order valence-electron chi connectivity index (χ3n) is 3.20. The molecule has 0 N–H and O–H groups in total. The van der Waals surface area contributed by atoms with Crippen LogP contribution in [-0.2, 0) is 11.0 Å². The first-order chi connectivity index (χ1) is 7.39. The highest BCUT2D eigenvalue weighted by atomic mass is 19.4. The van der Waals surface area contributed by atoms with E-state index in [9.17, 15) is 18.0 Å². The second-order valence-electron chi connectivity index (χ2n) is 4.19. The molecule has 0 amide bonds. The number of benzene rings is 1. The molecule has 2 rings (SSSR count). The summed E-state index contributed by atoms with van der Waals surface area (Å²) in [7, 11) is 0. The average Bonchev–Trinajstić information content (AvgIpc) is 2.24. The molecular formula is C12H11F3O. The van der Waals surface area contributed by atoms with Crippen LogP contribution in [0.4, 0.5) is 13.2 Å². The predicted octanol–water partition coefficient (Wildman–Crippen LogP) is 3.40. The Morgan fingerprint density at radius 1 is 1.19 bits per heavy atom. The minimum atomic E-state index is -4.29. The van der Waals surface area contributed by atoms with Gasteiger partial charge in [0.1, 0.15) is 5.78 Å². The van der Waals surface area contributed by atoms with E-state index in [0.717, 1.165) is 17.7 Å². The van der Waals surface area contributed by atoms with E-state index < -0.39 is 11.7 Å². The normalized spacial score (nSPS) is 25.4. The highest BCUT2D eigenvalue weighted by Crippen LogP contribution is 2.40. The van der Waals surface area contributed by atoms with E-state index in [1.807, 2.05) is 6.92 Å². The predicted molar refractivity (Wildman–Crippen MR) is 53.0 cm³/mol. The van der Waals surface area contributed by atoms with Crippen LogP contribution >= 0.6 is 0 Å². The van der Waals surface area contributed by atoms with Crippen LogP contribution in [0.3, 0.4) is 0 Å². The van der Waals surface area contributed by atoms with Crippen LogP contribution in [0.15, 0.2) is 24.3 Å². The fraction of sp³-hybridized carbons (Fsp3) is 0.417. The molecule has 2 atom stereocenters. The number of ketones is 1. The van der Waals surface area contributed by atoms with Crippen molar-refractivity contribution in [2.45, 2.75) is 25.4 Å². The Balaban J connectivity index is 2.18. The molecule has 2 unspecified atom stereocenters. The summed E-state index contributed by atoms with van der Waals surface area (Å²) in [6.07, 6.45) is -3.84. The summed E-state index contributed by atoms with van der Waals surface area (Å²) in [5.41, 5.74) is 0.176. The van der Waals surface area contributed by atoms with Gasteiger partial charge in [-0.15, -0.1) is 0 Å². The molecule has 1 saturated carbocycles. The molecule has 1 aromatic carbocycles. The van der Waals surface area contributed by atoms with Crippen molar-refractivity contribution in [3.05, 3.63) is 35.4 Å². The van der Waals surface area contributed by atoms with E-state index in [2.05, 4.69) is 0 Å². The topological polar surface area (TPSA) is 17.1 Å². The SMILES string of the molecule is CC1C(=O)CC1c1ccc(C(F)(F)F)cc1. The molecule has 1 nitrogen and oxygen atoms in total. The Bertz CT molecular complexity index is 405. The van der Waals surface area contributed by atoms with E-state index in [-0.39, 0.29) is 17.6 Å². The molecule has 1 aromatic rings. The maximum absolute atomic E-state index is 12.3. The Labute approximate surface area is 91.3 Å². The lowest BCUT2D eigenvalue weighted by atomic mass is 9.70. The number of carbonyl (C=O) groups excluding carboxylic acids is 1. The number of alkyl halides is 3. The summed E-state index contributed by atoms with van der Waals surface area (Å²) >= 11 is 0. The fourth-order valence-electron chi connectivity index (χ4n) is 1.97. The molecule has 0 heterocycles. The Morgan fingerprint density at radius 2 is 1.75 bits per heavy atom. The lowest BCUT2D eigenvalue weighted by molar-refractivity contribution is -0.137. The first-order valence-electron chi connectivity index (χ1n) is 5.09. The number of Topliss-reactive ketones (excluding diaryl/α,β-unsaturated/α-hetero) is 1. The number of carbonyl (C=O) groups is 1. The largest absolute Gasteiger partial charge is 0.416 e. The summed E-state index contributed by atoms with van der Waals surface area (Å²) in [6.45, 7) is 1.81. The monoisotopic (exact) mass is 228 g/mol. The van der Waals surface area contributed by atoms with Gasteiger partial charge in [-0.1, -0.05) is 19.1 Å². The average molecular weight is 228 g/mol. The van der Waals surface area contributed by atoms with Crippen molar-refractivity contribution in [2.24, 2.45) is 5.92 Å². The molecule has 86 valence electrons. The van der Waals surface area contributed by atoms with Gasteiger partial charge in [0, 0.05) is 18.3 Å². The second-order valence-corrected chi connectivity index (χ2v) is 4.19. The molecule has 1 aliphatic rings. The second kappa shape index (κ2) is 3.61. The lowest BCUT2D eigenvalue weighted by Gasteiger charge is -2.32. The zero-order valence-electron chi connectivity index (χ0n) is 8.71. The third-order valence-corrected chi connectivity index (χ3v) is 3.20. The van der Waals surface area contributed by atoms with Gasteiger partial charge >= 0.3 is 6.18 Å². The van der Waals surface area contributed by atoms with Crippen LogP contribution in [-0.4, -0.2) is 5.78 Å². The molecule has 16 heavy (non-hydrogen) atoms. The molecule has 0 bridgehead atoms. The van der Waals surface area contributed by atoms with Gasteiger partial charge in [0.15, 0.2) is 0 Å². The molecule has 0 radical (unpaired) electrons. The molecule has 4 heteroatoms. The van der Waals surface area contributed by atoms with Gasteiger partial charge in [-0.3, -0.25) is 4.79 Å². The molecule has 0 aliphatic heterocycles. The maximum Gasteiger partial charge on any atom is 0.416 e. The minimum Gasteiger partial charge on any atom is -0.299 e. The van der Waals surface area contributed by atoms with Crippen LogP contribution in [0.1, 0.15) is 30.4 Å². The smallest absolute Gasteiger partial charge is 0.299 e. The van der Waals surface area contributed by atoms with E-state index in [1.54, 1.807) is 0 Å². The van der Waals surface area contributed by atoms with E-state index in [0.29, 0.717) is 6.42 Å². The van der Waals surface area contributed by atoms with Crippen molar-refractivity contribution in [1.82, 2.24) is 0 Å². The van der Waals surface area contributed by atoms with Crippen molar-refractivity contribution in [2.75, 3.05) is 0 Å². The Kier molecular flexibility index (Phi) is 2.52. The number of rotatable bonds is 1. The van der Waals surface area contributed by atoms with Gasteiger partial charge in [0.2, 0.25) is 0 Å². The number of halogens is 3. The molecule has 1 fully saturated rings. The minimum absolute atomic E-state index is 0.0586. The summed E-state index contributed by atoms with van der Waals surface area (Å²) in [4.78, 5) is 11.1. The van der Waals surface area contributed by atoms with Crippen molar-refractivity contribution in [3.63, 3.8) is 0 Å². The summed E-state index contributed by atoms with van der Waals surface area (Å²) < 4.78 is 36.9. The standard InChI is InChI=1S/C12H11F3O/c1-7-10(6-11(7)16)8-2-4-9(5-3-8)12(13,14)15/h2-5,7,10H,6H2,1H3. The number of hydrogen-bond acceptors (Lipinski definition) is 1. The summed E-state index contributed by atoms with van der Waals surface area (Å²) in [5, 5.41) is 0. The summed E-state index contributed by atoms with van der Waals surface area (Å²) in [6, 6.07) is 5.09. The van der Waals surface area contributed by atoms with Crippen LogP contribution < -0.4 is 0 Å². The Morgan fingerprint density at radius 3 is 2.12 bits per heavy atom. The van der Waals surface area contributed by atoms with E-state index in [1.165, 1.54) is 12.1 Å². The van der Waals surface area contributed by atoms with Crippen LogP contribution in [0.25, 0.3) is 0 Å². The first kappa shape index (κ1) is 11.2. The zero-order valence-corrected chi connectivity index (χ0v) is 8.71. The van der Waals surface area contributed by atoms with Crippen LogP contribution in [0.5, 0.6) is 0 Å². The zero-order chi connectivity index (χ0) is 11.9. The molecular weight excluding hydrogens is 217 g/mol. The van der Waals surface area contributed by atoms with Crippen molar-refractivity contribution in [3.8, 4) is 0 Å². The highest BCUT2D eigenvalue weighted by Gasteiger charge is 2.37. The van der Waals surface area contributed by atoms with Crippen LogP contribution in [0, 0.1) is 5.92 Å². The highest BCUT2D eigenvalue weighted by molar-refractivity contribution is 5.88. The van der Waals surface area contributed by atoms with Gasteiger partial charge < -0.3 is 0 Å². The fourth-order valence-corrected chi connectivity index (χ4v) is 1.97.